The van der Waals surface area contributed by atoms with Crippen molar-refractivity contribution in [2.24, 2.45) is 0 Å². The number of rotatable bonds is 6. The zero-order valence-electron chi connectivity index (χ0n) is 9.50. The summed E-state index contributed by atoms with van der Waals surface area (Å²) in [7, 11) is -3.06. The Morgan fingerprint density at radius 3 is 2.29 bits per heavy atom. The van der Waals surface area contributed by atoms with Crippen molar-refractivity contribution in [3.05, 3.63) is 12.7 Å². The highest BCUT2D eigenvalue weighted by atomic mass is 32.2. The molecule has 0 fully saturated rings. The molecule has 0 amide bonds. The van der Waals surface area contributed by atoms with Gasteiger partial charge in [0.2, 0.25) is 0 Å². The van der Waals surface area contributed by atoms with Gasteiger partial charge in [0.1, 0.15) is 0 Å². The van der Waals surface area contributed by atoms with Gasteiger partial charge in [-0.3, -0.25) is 0 Å². The van der Waals surface area contributed by atoms with Gasteiger partial charge in [0.15, 0.2) is 9.84 Å². The Morgan fingerprint density at radius 1 is 1.50 bits per heavy atom. The SMILES string of the molecule is C=CCC(NCC)C(C)(C)S(C)(=O)=O. The minimum atomic E-state index is -3.06. The van der Waals surface area contributed by atoms with E-state index in [-0.39, 0.29) is 6.04 Å². The van der Waals surface area contributed by atoms with Gasteiger partial charge in [-0.15, -0.1) is 6.58 Å². The second kappa shape index (κ2) is 4.94. The lowest BCUT2D eigenvalue weighted by molar-refractivity contribution is 0.418. The third-order valence-corrected chi connectivity index (χ3v) is 4.84. The van der Waals surface area contributed by atoms with Gasteiger partial charge in [-0.25, -0.2) is 8.42 Å². The molecule has 0 rings (SSSR count). The predicted octanol–water partition coefficient (Wildman–Crippen LogP) is 1.36. The molecule has 0 aliphatic rings. The van der Waals surface area contributed by atoms with Crippen molar-refractivity contribution in [3.63, 3.8) is 0 Å². The summed E-state index contributed by atoms with van der Waals surface area (Å²) in [6.07, 6.45) is 3.69. The maximum atomic E-state index is 11.6. The molecule has 0 saturated heterocycles. The number of sulfone groups is 1. The molecule has 0 spiro atoms. The zero-order valence-corrected chi connectivity index (χ0v) is 10.3. The van der Waals surface area contributed by atoms with E-state index in [0.29, 0.717) is 6.42 Å². The number of hydrogen-bond donors (Lipinski definition) is 1. The quantitative estimate of drug-likeness (QED) is 0.686. The highest BCUT2D eigenvalue weighted by molar-refractivity contribution is 7.92. The molecule has 0 aliphatic heterocycles. The van der Waals surface area contributed by atoms with E-state index in [0.717, 1.165) is 6.54 Å². The summed E-state index contributed by atoms with van der Waals surface area (Å²) in [6.45, 7) is 9.87. The van der Waals surface area contributed by atoms with Crippen molar-refractivity contribution in [3.8, 4) is 0 Å². The second-order valence-electron chi connectivity index (χ2n) is 4.01. The monoisotopic (exact) mass is 219 g/mol. The molecule has 0 saturated carbocycles. The molecule has 14 heavy (non-hydrogen) atoms. The van der Waals surface area contributed by atoms with Crippen molar-refractivity contribution in [2.45, 2.75) is 38.0 Å². The van der Waals surface area contributed by atoms with Crippen molar-refractivity contribution in [1.82, 2.24) is 5.32 Å². The molecule has 0 aromatic carbocycles. The Morgan fingerprint density at radius 2 is 2.00 bits per heavy atom. The van der Waals surface area contributed by atoms with Gasteiger partial charge < -0.3 is 5.32 Å². The summed E-state index contributed by atoms with van der Waals surface area (Å²) in [5, 5.41) is 3.18. The summed E-state index contributed by atoms with van der Waals surface area (Å²) >= 11 is 0. The van der Waals surface area contributed by atoms with Gasteiger partial charge in [-0.05, 0) is 26.8 Å². The van der Waals surface area contributed by atoms with E-state index in [4.69, 9.17) is 0 Å². The van der Waals surface area contributed by atoms with Crippen LogP contribution in [0.5, 0.6) is 0 Å². The highest BCUT2D eigenvalue weighted by Crippen LogP contribution is 2.22. The van der Waals surface area contributed by atoms with Gasteiger partial charge >= 0.3 is 0 Å². The molecule has 0 bridgehead atoms. The van der Waals surface area contributed by atoms with Crippen LogP contribution in [-0.2, 0) is 9.84 Å². The van der Waals surface area contributed by atoms with Crippen LogP contribution in [0.3, 0.4) is 0 Å². The minimum absolute atomic E-state index is 0.0694. The molecule has 3 nitrogen and oxygen atoms in total. The van der Waals surface area contributed by atoms with E-state index in [1.54, 1.807) is 19.9 Å². The van der Waals surface area contributed by atoms with E-state index in [1.165, 1.54) is 6.26 Å². The third-order valence-electron chi connectivity index (χ3n) is 2.65. The average molecular weight is 219 g/mol. The van der Waals surface area contributed by atoms with E-state index in [1.807, 2.05) is 6.92 Å². The first kappa shape index (κ1) is 13.7. The van der Waals surface area contributed by atoms with E-state index in [9.17, 15) is 8.42 Å². The molecule has 0 heterocycles. The minimum Gasteiger partial charge on any atom is -0.312 e. The van der Waals surface area contributed by atoms with Crippen molar-refractivity contribution < 1.29 is 8.42 Å². The third kappa shape index (κ3) is 3.10. The zero-order chi connectivity index (χ0) is 11.4. The standard InChI is InChI=1S/C10H21NO2S/c1-6-8-9(11-7-2)10(3,4)14(5,12)13/h6,9,11H,1,7-8H2,2-5H3. The molecular formula is C10H21NO2S. The van der Waals surface area contributed by atoms with Crippen LogP contribution in [0.25, 0.3) is 0 Å². The Kier molecular flexibility index (Phi) is 4.81. The van der Waals surface area contributed by atoms with Gasteiger partial charge in [0.25, 0.3) is 0 Å². The molecular weight excluding hydrogens is 198 g/mol. The molecule has 4 heteroatoms. The molecule has 0 aromatic rings. The Labute approximate surface area is 87.5 Å². The lowest BCUT2D eigenvalue weighted by Crippen LogP contribution is -2.51. The molecule has 1 atom stereocenters. The molecule has 0 aromatic heterocycles. The summed E-state index contributed by atoms with van der Waals surface area (Å²) in [5.41, 5.74) is 0. The number of nitrogens with one attached hydrogen (secondary N) is 1. The molecule has 0 radical (unpaired) electrons. The van der Waals surface area contributed by atoms with Gasteiger partial charge in [0, 0.05) is 12.3 Å². The normalized spacial score (nSPS) is 15.1. The van der Waals surface area contributed by atoms with Gasteiger partial charge in [0.05, 0.1) is 4.75 Å². The van der Waals surface area contributed by atoms with Gasteiger partial charge in [-0.1, -0.05) is 13.0 Å². The lowest BCUT2D eigenvalue weighted by Gasteiger charge is -2.32. The molecule has 0 aliphatic carbocycles. The van der Waals surface area contributed by atoms with Crippen LogP contribution in [0, 0.1) is 0 Å². The van der Waals surface area contributed by atoms with Crippen molar-refractivity contribution >= 4 is 9.84 Å². The Bertz CT molecular complexity index is 280. The van der Waals surface area contributed by atoms with E-state index >= 15 is 0 Å². The maximum Gasteiger partial charge on any atom is 0.154 e. The Balaban J connectivity index is 4.88. The van der Waals surface area contributed by atoms with Crippen LogP contribution in [-0.4, -0.2) is 32.0 Å². The van der Waals surface area contributed by atoms with Crippen molar-refractivity contribution in [1.29, 1.82) is 0 Å². The first-order valence-corrected chi connectivity index (χ1v) is 6.70. The second-order valence-corrected chi connectivity index (χ2v) is 6.61. The van der Waals surface area contributed by atoms with E-state index < -0.39 is 14.6 Å². The molecule has 1 N–H and O–H groups in total. The Hall–Kier alpha value is -0.350. The van der Waals surface area contributed by atoms with Crippen LogP contribution in [0.4, 0.5) is 0 Å². The fraction of sp³-hybridized carbons (Fsp3) is 0.800. The van der Waals surface area contributed by atoms with Crippen molar-refractivity contribution in [2.75, 3.05) is 12.8 Å². The summed E-state index contributed by atoms with van der Waals surface area (Å²) < 4.78 is 22.4. The predicted molar refractivity (Wildman–Crippen MR) is 61.2 cm³/mol. The summed E-state index contributed by atoms with van der Waals surface area (Å²) in [5.74, 6) is 0. The van der Waals surface area contributed by atoms with Crippen LogP contribution in [0.15, 0.2) is 12.7 Å². The average Bonchev–Trinajstić information content (AvgIpc) is 2.02. The molecule has 84 valence electrons. The lowest BCUT2D eigenvalue weighted by atomic mass is 10.00. The first-order chi connectivity index (χ1) is 6.27. The van der Waals surface area contributed by atoms with Crippen LogP contribution in [0.1, 0.15) is 27.2 Å². The van der Waals surface area contributed by atoms with Gasteiger partial charge in [-0.2, -0.15) is 0 Å². The fourth-order valence-electron chi connectivity index (χ4n) is 1.28. The molecule has 1 unspecified atom stereocenters. The maximum absolute atomic E-state index is 11.6. The highest BCUT2D eigenvalue weighted by Gasteiger charge is 2.37. The van der Waals surface area contributed by atoms with Crippen LogP contribution < -0.4 is 5.32 Å². The summed E-state index contributed by atoms with van der Waals surface area (Å²) in [4.78, 5) is 0. The first-order valence-electron chi connectivity index (χ1n) is 4.81. The van der Waals surface area contributed by atoms with E-state index in [2.05, 4.69) is 11.9 Å². The summed E-state index contributed by atoms with van der Waals surface area (Å²) in [6, 6.07) is -0.0694. The van der Waals surface area contributed by atoms with Crippen LogP contribution in [0.2, 0.25) is 0 Å². The smallest absolute Gasteiger partial charge is 0.154 e. The fourth-order valence-corrected chi connectivity index (χ4v) is 1.98. The topological polar surface area (TPSA) is 46.2 Å². The largest absolute Gasteiger partial charge is 0.312 e. The van der Waals surface area contributed by atoms with Crippen LogP contribution >= 0.6 is 0 Å². The number of hydrogen-bond acceptors (Lipinski definition) is 3.